The number of nitrogens with one attached hydrogen (secondary N) is 1. The van der Waals surface area contributed by atoms with E-state index in [1.807, 2.05) is 32.0 Å². The molecule has 0 radical (unpaired) electrons. The van der Waals surface area contributed by atoms with Gasteiger partial charge in [-0.3, -0.25) is 4.79 Å². The molecular formula is C22H26N2O6S. The number of esters is 1. The summed E-state index contributed by atoms with van der Waals surface area (Å²) >= 11 is 0. The summed E-state index contributed by atoms with van der Waals surface area (Å²) in [5, 5.41) is 2.68. The van der Waals surface area contributed by atoms with Gasteiger partial charge >= 0.3 is 5.97 Å². The van der Waals surface area contributed by atoms with Crippen LogP contribution in [0.15, 0.2) is 41.3 Å². The standard InChI is InChI=1S/C22H26N2O6S/c1-15-10-16(2)12-18(11-15)23-21(25)14-30-22(26)17-6-7-19(29-3)20(13-17)31(27,28)24-8-4-5-9-24/h6-7,10-13H,4-5,8-9,14H2,1-3H3,(H,23,25). The summed E-state index contributed by atoms with van der Waals surface area (Å²) in [4.78, 5) is 24.5. The number of aryl methyl sites for hydroxylation is 2. The molecule has 1 aliphatic heterocycles. The van der Waals surface area contributed by atoms with E-state index in [4.69, 9.17) is 9.47 Å². The lowest BCUT2D eigenvalue weighted by Crippen LogP contribution is -2.28. The van der Waals surface area contributed by atoms with E-state index in [0.29, 0.717) is 18.8 Å². The fourth-order valence-corrected chi connectivity index (χ4v) is 5.23. The first-order chi connectivity index (χ1) is 14.7. The zero-order valence-corrected chi connectivity index (χ0v) is 18.6. The molecule has 31 heavy (non-hydrogen) atoms. The van der Waals surface area contributed by atoms with Gasteiger partial charge in [0, 0.05) is 18.8 Å². The van der Waals surface area contributed by atoms with E-state index < -0.39 is 28.5 Å². The maximum absolute atomic E-state index is 12.9. The summed E-state index contributed by atoms with van der Waals surface area (Å²) in [6, 6.07) is 9.66. The molecule has 0 bridgehead atoms. The molecule has 0 spiro atoms. The highest BCUT2D eigenvalue weighted by Gasteiger charge is 2.31. The highest BCUT2D eigenvalue weighted by Crippen LogP contribution is 2.30. The van der Waals surface area contributed by atoms with E-state index in [-0.39, 0.29) is 16.2 Å². The van der Waals surface area contributed by atoms with Crippen LogP contribution in [0.25, 0.3) is 0 Å². The molecule has 3 rings (SSSR count). The zero-order valence-electron chi connectivity index (χ0n) is 17.8. The van der Waals surface area contributed by atoms with Crippen molar-refractivity contribution < 1.29 is 27.5 Å². The van der Waals surface area contributed by atoms with Crippen LogP contribution in [0.5, 0.6) is 5.75 Å². The second kappa shape index (κ2) is 9.49. The Bertz CT molecular complexity index is 1070. The Balaban J connectivity index is 1.70. The van der Waals surface area contributed by atoms with Crippen molar-refractivity contribution in [3.63, 3.8) is 0 Å². The lowest BCUT2D eigenvalue weighted by Gasteiger charge is -2.18. The van der Waals surface area contributed by atoms with Crippen LogP contribution >= 0.6 is 0 Å². The van der Waals surface area contributed by atoms with Crippen LogP contribution < -0.4 is 10.1 Å². The molecule has 166 valence electrons. The zero-order chi connectivity index (χ0) is 22.6. The molecule has 0 atom stereocenters. The quantitative estimate of drug-likeness (QED) is 0.656. The predicted octanol–water partition coefficient (Wildman–Crippen LogP) is 2.89. The number of rotatable bonds is 7. The van der Waals surface area contributed by atoms with Gasteiger partial charge in [0.2, 0.25) is 10.0 Å². The molecule has 9 heteroatoms. The number of benzene rings is 2. The Morgan fingerprint density at radius 1 is 1.03 bits per heavy atom. The largest absolute Gasteiger partial charge is 0.495 e. The van der Waals surface area contributed by atoms with Crippen molar-refractivity contribution in [1.82, 2.24) is 4.31 Å². The van der Waals surface area contributed by atoms with Crippen LogP contribution in [0.3, 0.4) is 0 Å². The molecule has 1 N–H and O–H groups in total. The maximum atomic E-state index is 12.9. The molecule has 8 nitrogen and oxygen atoms in total. The van der Waals surface area contributed by atoms with Crippen molar-refractivity contribution in [3.05, 3.63) is 53.1 Å². The number of hydrogen-bond acceptors (Lipinski definition) is 6. The SMILES string of the molecule is COc1ccc(C(=O)OCC(=O)Nc2cc(C)cc(C)c2)cc1S(=O)(=O)N1CCCC1. The minimum atomic E-state index is -3.80. The Morgan fingerprint density at radius 2 is 1.68 bits per heavy atom. The summed E-state index contributed by atoms with van der Waals surface area (Å²) in [7, 11) is -2.43. The molecule has 0 saturated carbocycles. The summed E-state index contributed by atoms with van der Waals surface area (Å²) in [5.41, 5.74) is 2.63. The molecular weight excluding hydrogens is 420 g/mol. The Hall–Kier alpha value is -2.91. The van der Waals surface area contributed by atoms with Crippen molar-refractivity contribution in [2.45, 2.75) is 31.6 Å². The third kappa shape index (κ3) is 5.42. The molecule has 1 heterocycles. The molecule has 1 aliphatic rings. The van der Waals surface area contributed by atoms with Gasteiger partial charge in [0.25, 0.3) is 5.91 Å². The van der Waals surface area contributed by atoms with Crippen molar-refractivity contribution in [3.8, 4) is 5.75 Å². The number of ether oxygens (including phenoxy) is 2. The van der Waals surface area contributed by atoms with Gasteiger partial charge in [-0.1, -0.05) is 6.07 Å². The first-order valence-corrected chi connectivity index (χ1v) is 11.4. The predicted molar refractivity (Wildman–Crippen MR) is 116 cm³/mol. The molecule has 2 aromatic rings. The number of methoxy groups -OCH3 is 1. The van der Waals surface area contributed by atoms with E-state index in [1.54, 1.807) is 0 Å². The summed E-state index contributed by atoms with van der Waals surface area (Å²) in [6.45, 7) is 4.20. The van der Waals surface area contributed by atoms with Gasteiger partial charge in [-0.05, 0) is 68.1 Å². The van der Waals surface area contributed by atoms with E-state index in [9.17, 15) is 18.0 Å². The minimum Gasteiger partial charge on any atom is -0.495 e. The fourth-order valence-electron chi connectivity index (χ4n) is 3.53. The number of carbonyl (C=O) groups excluding carboxylic acids is 2. The van der Waals surface area contributed by atoms with Crippen LogP contribution in [0.1, 0.15) is 34.3 Å². The van der Waals surface area contributed by atoms with Gasteiger partial charge in [0.15, 0.2) is 6.61 Å². The molecule has 0 aliphatic carbocycles. The van der Waals surface area contributed by atoms with Crippen LogP contribution in [0, 0.1) is 13.8 Å². The normalized spacial score (nSPS) is 14.3. The van der Waals surface area contributed by atoms with Gasteiger partial charge in [0.05, 0.1) is 12.7 Å². The van der Waals surface area contributed by atoms with Crippen molar-refractivity contribution in [2.24, 2.45) is 0 Å². The monoisotopic (exact) mass is 446 g/mol. The highest BCUT2D eigenvalue weighted by molar-refractivity contribution is 7.89. The van der Waals surface area contributed by atoms with Crippen LogP contribution in [0.4, 0.5) is 5.69 Å². The number of nitrogens with zero attached hydrogens (tertiary/aromatic N) is 1. The molecule has 0 unspecified atom stereocenters. The lowest BCUT2D eigenvalue weighted by atomic mass is 10.1. The van der Waals surface area contributed by atoms with Gasteiger partial charge in [0.1, 0.15) is 10.6 Å². The minimum absolute atomic E-state index is 0.0257. The van der Waals surface area contributed by atoms with Crippen molar-refractivity contribution in [2.75, 3.05) is 32.1 Å². The molecule has 1 amide bonds. The van der Waals surface area contributed by atoms with Gasteiger partial charge in [-0.2, -0.15) is 4.31 Å². The summed E-state index contributed by atoms with van der Waals surface area (Å²) in [5.74, 6) is -1.14. The molecule has 2 aromatic carbocycles. The fraction of sp³-hybridized carbons (Fsp3) is 0.364. The van der Waals surface area contributed by atoms with Gasteiger partial charge in [-0.15, -0.1) is 0 Å². The smallest absolute Gasteiger partial charge is 0.338 e. The summed E-state index contributed by atoms with van der Waals surface area (Å²) < 4.78 is 37.5. The molecule has 1 fully saturated rings. The van der Waals surface area contributed by atoms with Crippen LogP contribution in [-0.2, 0) is 19.6 Å². The Morgan fingerprint density at radius 3 is 2.29 bits per heavy atom. The third-order valence-electron chi connectivity index (χ3n) is 4.92. The number of hydrogen-bond donors (Lipinski definition) is 1. The Kier molecular flexibility index (Phi) is 6.97. The van der Waals surface area contributed by atoms with Crippen molar-refractivity contribution >= 4 is 27.6 Å². The number of sulfonamides is 1. The first kappa shape index (κ1) is 22.8. The number of amides is 1. The van der Waals surface area contributed by atoms with E-state index in [2.05, 4.69) is 5.32 Å². The Labute approximate surface area is 182 Å². The first-order valence-electron chi connectivity index (χ1n) is 9.94. The molecule has 1 saturated heterocycles. The number of anilines is 1. The summed E-state index contributed by atoms with van der Waals surface area (Å²) in [6.07, 6.45) is 1.58. The molecule has 0 aromatic heterocycles. The topological polar surface area (TPSA) is 102 Å². The van der Waals surface area contributed by atoms with Crippen LogP contribution in [-0.4, -0.2) is 51.4 Å². The third-order valence-corrected chi connectivity index (χ3v) is 6.84. The average molecular weight is 447 g/mol. The van der Waals surface area contributed by atoms with Gasteiger partial charge in [-0.25, -0.2) is 13.2 Å². The maximum Gasteiger partial charge on any atom is 0.338 e. The van der Waals surface area contributed by atoms with E-state index >= 15 is 0 Å². The lowest BCUT2D eigenvalue weighted by molar-refractivity contribution is -0.119. The number of carbonyl (C=O) groups is 2. The second-order valence-corrected chi connectivity index (χ2v) is 9.38. The van der Waals surface area contributed by atoms with Crippen molar-refractivity contribution in [1.29, 1.82) is 0 Å². The van der Waals surface area contributed by atoms with E-state index in [0.717, 1.165) is 24.0 Å². The van der Waals surface area contributed by atoms with E-state index in [1.165, 1.54) is 29.6 Å². The highest BCUT2D eigenvalue weighted by atomic mass is 32.2. The second-order valence-electron chi connectivity index (χ2n) is 7.48. The van der Waals surface area contributed by atoms with Crippen LogP contribution in [0.2, 0.25) is 0 Å². The van der Waals surface area contributed by atoms with Gasteiger partial charge < -0.3 is 14.8 Å². The average Bonchev–Trinajstić information content (AvgIpc) is 3.26.